The number of carbonyl (C=O) groups is 2. The van der Waals surface area contributed by atoms with Crippen molar-refractivity contribution in [1.82, 2.24) is 9.80 Å². The molecule has 2 heterocycles. The maximum Gasteiger partial charge on any atom is 0.277 e. The highest BCUT2D eigenvalue weighted by atomic mass is 16.5. The average molecular weight is 437 g/mol. The largest absolute Gasteiger partial charge is 0.496 e. The van der Waals surface area contributed by atoms with E-state index >= 15 is 0 Å². The van der Waals surface area contributed by atoms with Crippen LogP contribution < -0.4 is 9.47 Å². The van der Waals surface area contributed by atoms with Gasteiger partial charge in [0.2, 0.25) is 0 Å². The normalized spacial score (nSPS) is 16.7. The second-order valence-corrected chi connectivity index (χ2v) is 7.96. The Labute approximate surface area is 188 Å². The van der Waals surface area contributed by atoms with E-state index < -0.39 is 0 Å². The van der Waals surface area contributed by atoms with Gasteiger partial charge >= 0.3 is 0 Å². The molecule has 0 spiro atoms. The van der Waals surface area contributed by atoms with Crippen LogP contribution in [0.3, 0.4) is 0 Å². The summed E-state index contributed by atoms with van der Waals surface area (Å²) >= 11 is 0. The third-order valence-electron chi connectivity index (χ3n) is 5.63. The van der Waals surface area contributed by atoms with Crippen molar-refractivity contribution in [3.05, 3.63) is 64.9 Å². The van der Waals surface area contributed by atoms with Crippen LogP contribution >= 0.6 is 0 Å². The third kappa shape index (κ3) is 4.34. The number of amides is 2. The van der Waals surface area contributed by atoms with Crippen molar-refractivity contribution in [2.24, 2.45) is 0 Å². The maximum atomic E-state index is 13.5. The van der Waals surface area contributed by atoms with Gasteiger partial charge in [0.25, 0.3) is 11.8 Å². The molecule has 2 aromatic rings. The van der Waals surface area contributed by atoms with Gasteiger partial charge in [-0.3, -0.25) is 14.5 Å². The second kappa shape index (κ2) is 9.44. The van der Waals surface area contributed by atoms with Crippen LogP contribution in [-0.2, 0) is 14.3 Å². The summed E-state index contributed by atoms with van der Waals surface area (Å²) in [5.41, 5.74) is 3.61. The van der Waals surface area contributed by atoms with Crippen molar-refractivity contribution in [2.45, 2.75) is 13.8 Å². The van der Waals surface area contributed by atoms with Gasteiger partial charge in [-0.15, -0.1) is 0 Å². The van der Waals surface area contributed by atoms with Crippen LogP contribution in [0.2, 0.25) is 0 Å². The van der Waals surface area contributed by atoms with Crippen LogP contribution in [0.15, 0.2) is 48.2 Å². The van der Waals surface area contributed by atoms with E-state index in [1.807, 2.05) is 49.1 Å². The molecule has 2 aliphatic heterocycles. The standard InChI is InChI=1S/C25H28N2O5/c1-17-14-18(2)16-19(15-17)32-13-10-27-24(28)22(20-6-4-5-7-21(20)30-3)23(25(27)29)26-8-11-31-12-9-26/h4-7,14-16H,8-13H2,1-3H3. The molecule has 2 amide bonds. The number of benzene rings is 2. The van der Waals surface area contributed by atoms with E-state index in [0.29, 0.717) is 48.9 Å². The van der Waals surface area contributed by atoms with Crippen LogP contribution in [0.4, 0.5) is 0 Å². The van der Waals surface area contributed by atoms with Gasteiger partial charge in [-0.05, 0) is 43.2 Å². The Hall–Kier alpha value is -3.32. The van der Waals surface area contributed by atoms with Crippen LogP contribution in [0.25, 0.3) is 5.57 Å². The summed E-state index contributed by atoms with van der Waals surface area (Å²) in [7, 11) is 1.56. The molecule has 4 rings (SSSR count). The van der Waals surface area contributed by atoms with E-state index in [-0.39, 0.29) is 25.0 Å². The molecule has 32 heavy (non-hydrogen) atoms. The second-order valence-electron chi connectivity index (χ2n) is 7.96. The predicted octanol–water partition coefficient (Wildman–Crippen LogP) is 2.80. The van der Waals surface area contributed by atoms with Crippen molar-refractivity contribution >= 4 is 17.4 Å². The fourth-order valence-corrected chi connectivity index (χ4v) is 4.21. The fraction of sp³-hybridized carbons (Fsp3) is 0.360. The van der Waals surface area contributed by atoms with E-state index in [9.17, 15) is 9.59 Å². The summed E-state index contributed by atoms with van der Waals surface area (Å²) in [6.07, 6.45) is 0. The minimum absolute atomic E-state index is 0.164. The summed E-state index contributed by atoms with van der Waals surface area (Å²) in [6.45, 7) is 6.53. The van der Waals surface area contributed by atoms with Crippen LogP contribution in [-0.4, -0.2) is 68.2 Å². The van der Waals surface area contributed by atoms with Crippen molar-refractivity contribution in [3.63, 3.8) is 0 Å². The number of carbonyl (C=O) groups excluding carboxylic acids is 2. The summed E-state index contributed by atoms with van der Waals surface area (Å²) in [5.74, 6) is 0.655. The molecule has 7 nitrogen and oxygen atoms in total. The Kier molecular flexibility index (Phi) is 6.46. The van der Waals surface area contributed by atoms with Gasteiger partial charge in [-0.1, -0.05) is 24.3 Å². The number of imide groups is 1. The Morgan fingerprint density at radius 1 is 0.969 bits per heavy atom. The number of methoxy groups -OCH3 is 1. The van der Waals surface area contributed by atoms with Gasteiger partial charge in [-0.25, -0.2) is 0 Å². The highest BCUT2D eigenvalue weighted by Crippen LogP contribution is 2.36. The van der Waals surface area contributed by atoms with E-state index in [0.717, 1.165) is 16.9 Å². The zero-order valence-corrected chi connectivity index (χ0v) is 18.7. The van der Waals surface area contributed by atoms with Crippen molar-refractivity contribution in [3.8, 4) is 11.5 Å². The van der Waals surface area contributed by atoms with E-state index in [4.69, 9.17) is 14.2 Å². The first kappa shape index (κ1) is 21.9. The molecule has 168 valence electrons. The lowest BCUT2D eigenvalue weighted by atomic mass is 10.0. The SMILES string of the molecule is COc1ccccc1C1=C(N2CCOCC2)C(=O)N(CCOc2cc(C)cc(C)c2)C1=O. The first-order valence-electron chi connectivity index (χ1n) is 10.8. The van der Waals surface area contributed by atoms with Gasteiger partial charge in [0.15, 0.2) is 0 Å². The first-order chi connectivity index (χ1) is 15.5. The van der Waals surface area contributed by atoms with Gasteiger partial charge in [-0.2, -0.15) is 0 Å². The molecular weight excluding hydrogens is 408 g/mol. The van der Waals surface area contributed by atoms with Crippen molar-refractivity contribution in [1.29, 1.82) is 0 Å². The first-order valence-corrected chi connectivity index (χ1v) is 10.8. The number of rotatable bonds is 7. The molecule has 2 aromatic carbocycles. The highest BCUT2D eigenvalue weighted by molar-refractivity contribution is 6.36. The van der Waals surface area contributed by atoms with Crippen molar-refractivity contribution < 1.29 is 23.8 Å². The summed E-state index contributed by atoms with van der Waals surface area (Å²) < 4.78 is 16.8. The van der Waals surface area contributed by atoms with Crippen molar-refractivity contribution in [2.75, 3.05) is 46.6 Å². The van der Waals surface area contributed by atoms with E-state index in [1.54, 1.807) is 13.2 Å². The molecule has 7 heteroatoms. The summed E-state index contributed by atoms with van der Waals surface area (Å²) in [5, 5.41) is 0. The Bertz CT molecular complexity index is 1040. The molecule has 0 aliphatic carbocycles. The molecule has 0 bridgehead atoms. The van der Waals surface area contributed by atoms with Gasteiger partial charge in [0, 0.05) is 18.7 Å². The average Bonchev–Trinajstić information content (AvgIpc) is 3.03. The van der Waals surface area contributed by atoms with Gasteiger partial charge < -0.3 is 19.1 Å². The fourth-order valence-electron chi connectivity index (χ4n) is 4.21. The quantitative estimate of drug-likeness (QED) is 0.622. The molecule has 1 fully saturated rings. The number of para-hydroxylation sites is 1. The number of morpholine rings is 1. The van der Waals surface area contributed by atoms with Crippen LogP contribution in [0, 0.1) is 13.8 Å². The molecule has 0 unspecified atom stereocenters. The lowest BCUT2D eigenvalue weighted by molar-refractivity contribution is -0.138. The molecule has 2 aliphatic rings. The molecule has 0 N–H and O–H groups in total. The Morgan fingerprint density at radius 3 is 2.34 bits per heavy atom. The minimum atomic E-state index is -0.329. The maximum absolute atomic E-state index is 13.5. The molecule has 1 saturated heterocycles. The topological polar surface area (TPSA) is 68.3 Å². The zero-order valence-electron chi connectivity index (χ0n) is 18.7. The van der Waals surface area contributed by atoms with E-state index in [2.05, 4.69) is 6.07 Å². The number of hydrogen-bond donors (Lipinski definition) is 0. The zero-order chi connectivity index (χ0) is 22.7. The number of hydrogen-bond acceptors (Lipinski definition) is 6. The number of aryl methyl sites for hydroxylation is 2. The molecule has 0 aromatic heterocycles. The number of nitrogens with zero attached hydrogens (tertiary/aromatic N) is 2. The Balaban J connectivity index is 1.60. The van der Waals surface area contributed by atoms with Crippen LogP contribution in [0.5, 0.6) is 11.5 Å². The van der Waals surface area contributed by atoms with Gasteiger partial charge in [0.05, 0.1) is 32.4 Å². The minimum Gasteiger partial charge on any atom is -0.496 e. The van der Waals surface area contributed by atoms with Gasteiger partial charge in [0.1, 0.15) is 23.8 Å². The van der Waals surface area contributed by atoms with E-state index in [1.165, 1.54) is 4.90 Å². The molecule has 0 radical (unpaired) electrons. The smallest absolute Gasteiger partial charge is 0.277 e. The molecular formula is C25H28N2O5. The molecule has 0 saturated carbocycles. The predicted molar refractivity (Wildman–Crippen MR) is 120 cm³/mol. The summed E-state index contributed by atoms with van der Waals surface area (Å²) in [6, 6.07) is 13.2. The number of ether oxygens (including phenoxy) is 3. The van der Waals surface area contributed by atoms with Crippen LogP contribution in [0.1, 0.15) is 16.7 Å². The highest BCUT2D eigenvalue weighted by Gasteiger charge is 2.42. The monoisotopic (exact) mass is 436 g/mol. The summed E-state index contributed by atoms with van der Waals surface area (Å²) in [4.78, 5) is 30.1. The lowest BCUT2D eigenvalue weighted by Crippen LogP contribution is -2.41. The Morgan fingerprint density at radius 2 is 1.66 bits per heavy atom. The third-order valence-corrected chi connectivity index (χ3v) is 5.63. The molecule has 0 atom stereocenters. The lowest BCUT2D eigenvalue weighted by Gasteiger charge is -2.29.